The Balaban J connectivity index is 2.09. The van der Waals surface area contributed by atoms with E-state index < -0.39 is 5.67 Å². The molecule has 1 unspecified atom stereocenters. The lowest BCUT2D eigenvalue weighted by molar-refractivity contribution is 0.228. The third-order valence-corrected chi connectivity index (χ3v) is 4.45. The van der Waals surface area contributed by atoms with E-state index in [9.17, 15) is 0 Å². The van der Waals surface area contributed by atoms with Gasteiger partial charge < -0.3 is 5.73 Å². The standard InChI is InChI=1S/C18H20FN/c19-18(13-20,15-9-2-1-3-10-15)17-12-5-4-11-16(17)14-7-6-8-14/h1-5,9-12,14H,6-8,13,20H2. The topological polar surface area (TPSA) is 26.0 Å². The first-order valence-corrected chi connectivity index (χ1v) is 7.29. The number of hydrogen-bond acceptors (Lipinski definition) is 1. The Morgan fingerprint density at radius 2 is 1.65 bits per heavy atom. The predicted octanol–water partition coefficient (Wildman–Crippen LogP) is 4.13. The van der Waals surface area contributed by atoms with Crippen molar-refractivity contribution in [3.05, 3.63) is 71.3 Å². The Bertz CT molecular complexity index is 577. The molecule has 0 spiro atoms. The highest BCUT2D eigenvalue weighted by Gasteiger charge is 2.36. The quantitative estimate of drug-likeness (QED) is 0.887. The Hall–Kier alpha value is -1.67. The van der Waals surface area contributed by atoms with Crippen molar-refractivity contribution in [3.63, 3.8) is 0 Å². The molecule has 0 aromatic heterocycles. The molecule has 0 heterocycles. The maximum absolute atomic E-state index is 15.6. The van der Waals surface area contributed by atoms with Gasteiger partial charge in [-0.05, 0) is 35.4 Å². The van der Waals surface area contributed by atoms with E-state index in [2.05, 4.69) is 6.07 Å². The predicted molar refractivity (Wildman–Crippen MR) is 80.4 cm³/mol. The van der Waals surface area contributed by atoms with Gasteiger partial charge in [0.05, 0.1) is 0 Å². The van der Waals surface area contributed by atoms with Crippen LogP contribution in [0.1, 0.15) is 41.9 Å². The molecule has 2 aromatic rings. The van der Waals surface area contributed by atoms with Crippen LogP contribution in [-0.4, -0.2) is 6.54 Å². The van der Waals surface area contributed by atoms with Crippen molar-refractivity contribution in [3.8, 4) is 0 Å². The Morgan fingerprint density at radius 3 is 2.25 bits per heavy atom. The van der Waals surface area contributed by atoms with Crippen LogP contribution >= 0.6 is 0 Å². The van der Waals surface area contributed by atoms with E-state index in [0.717, 1.165) is 24.0 Å². The molecule has 0 saturated heterocycles. The average molecular weight is 269 g/mol. The minimum atomic E-state index is -1.59. The van der Waals surface area contributed by atoms with Crippen LogP contribution in [0.3, 0.4) is 0 Å². The highest BCUT2D eigenvalue weighted by atomic mass is 19.1. The molecule has 0 amide bonds. The zero-order valence-electron chi connectivity index (χ0n) is 11.6. The molecule has 0 aliphatic heterocycles. The van der Waals surface area contributed by atoms with Crippen LogP contribution < -0.4 is 5.73 Å². The first-order chi connectivity index (χ1) is 9.75. The van der Waals surface area contributed by atoms with Gasteiger partial charge in [-0.15, -0.1) is 0 Å². The molecule has 1 atom stereocenters. The van der Waals surface area contributed by atoms with Crippen molar-refractivity contribution in [1.82, 2.24) is 0 Å². The maximum atomic E-state index is 15.6. The van der Waals surface area contributed by atoms with Gasteiger partial charge in [-0.1, -0.05) is 61.0 Å². The Morgan fingerprint density at radius 1 is 1.00 bits per heavy atom. The molecule has 1 fully saturated rings. The summed E-state index contributed by atoms with van der Waals surface area (Å²) < 4.78 is 15.6. The SMILES string of the molecule is NCC(F)(c1ccccc1)c1ccccc1C1CCC1. The van der Waals surface area contributed by atoms with Gasteiger partial charge in [-0.25, -0.2) is 4.39 Å². The Labute approximate surface area is 119 Å². The first kappa shape index (κ1) is 13.3. The molecule has 3 rings (SSSR count). The number of hydrogen-bond donors (Lipinski definition) is 1. The van der Waals surface area contributed by atoms with Gasteiger partial charge in [0.2, 0.25) is 0 Å². The van der Waals surface area contributed by atoms with Gasteiger partial charge in [0.1, 0.15) is 0 Å². The smallest absolute Gasteiger partial charge is 0.173 e. The van der Waals surface area contributed by atoms with E-state index in [0.29, 0.717) is 11.5 Å². The minimum absolute atomic E-state index is 0.0270. The summed E-state index contributed by atoms with van der Waals surface area (Å²) in [5.74, 6) is 0.497. The van der Waals surface area contributed by atoms with Crippen molar-refractivity contribution >= 4 is 0 Å². The van der Waals surface area contributed by atoms with Crippen LogP contribution in [0.5, 0.6) is 0 Å². The summed E-state index contributed by atoms with van der Waals surface area (Å²) in [6.07, 6.45) is 3.56. The molecule has 2 N–H and O–H groups in total. The van der Waals surface area contributed by atoms with E-state index in [4.69, 9.17) is 5.73 Å². The molecule has 2 heteroatoms. The lowest BCUT2D eigenvalue weighted by atomic mass is 9.74. The van der Waals surface area contributed by atoms with E-state index >= 15 is 4.39 Å². The van der Waals surface area contributed by atoms with Crippen LogP contribution in [0.15, 0.2) is 54.6 Å². The summed E-state index contributed by atoms with van der Waals surface area (Å²) in [7, 11) is 0. The highest BCUT2D eigenvalue weighted by Crippen LogP contribution is 2.43. The van der Waals surface area contributed by atoms with E-state index in [1.54, 1.807) is 0 Å². The molecule has 0 bridgehead atoms. The summed E-state index contributed by atoms with van der Waals surface area (Å²) in [5, 5.41) is 0. The maximum Gasteiger partial charge on any atom is 0.173 e. The highest BCUT2D eigenvalue weighted by molar-refractivity contribution is 5.43. The molecule has 20 heavy (non-hydrogen) atoms. The number of alkyl halides is 1. The second-order valence-corrected chi connectivity index (χ2v) is 5.59. The summed E-state index contributed by atoms with van der Waals surface area (Å²) >= 11 is 0. The number of rotatable bonds is 4. The van der Waals surface area contributed by atoms with Gasteiger partial charge >= 0.3 is 0 Å². The molecule has 0 radical (unpaired) electrons. The van der Waals surface area contributed by atoms with Gasteiger partial charge in [-0.3, -0.25) is 0 Å². The average Bonchev–Trinajstić information content (AvgIpc) is 2.46. The van der Waals surface area contributed by atoms with Crippen LogP contribution in [-0.2, 0) is 5.67 Å². The van der Waals surface area contributed by atoms with Crippen LogP contribution in [0.4, 0.5) is 4.39 Å². The zero-order valence-corrected chi connectivity index (χ0v) is 11.6. The van der Waals surface area contributed by atoms with Crippen molar-refractivity contribution in [2.24, 2.45) is 5.73 Å². The largest absolute Gasteiger partial charge is 0.327 e. The lowest BCUT2D eigenvalue weighted by Crippen LogP contribution is -2.33. The van der Waals surface area contributed by atoms with Crippen LogP contribution in [0.2, 0.25) is 0 Å². The fraction of sp³-hybridized carbons (Fsp3) is 0.333. The molecule has 1 aliphatic carbocycles. The fourth-order valence-electron chi connectivity index (χ4n) is 3.02. The van der Waals surface area contributed by atoms with Crippen LogP contribution in [0, 0.1) is 0 Å². The third-order valence-electron chi connectivity index (χ3n) is 4.45. The summed E-state index contributed by atoms with van der Waals surface area (Å²) in [4.78, 5) is 0. The van der Waals surface area contributed by atoms with Crippen molar-refractivity contribution in [1.29, 1.82) is 0 Å². The van der Waals surface area contributed by atoms with E-state index in [1.165, 1.54) is 6.42 Å². The fourth-order valence-corrected chi connectivity index (χ4v) is 3.02. The monoisotopic (exact) mass is 269 g/mol. The van der Waals surface area contributed by atoms with Gasteiger partial charge in [0, 0.05) is 6.54 Å². The first-order valence-electron chi connectivity index (χ1n) is 7.29. The molecular formula is C18H20FN. The summed E-state index contributed by atoms with van der Waals surface area (Å²) in [6.45, 7) is -0.0270. The lowest BCUT2D eigenvalue weighted by Gasteiger charge is -2.33. The van der Waals surface area contributed by atoms with Crippen molar-refractivity contribution < 1.29 is 4.39 Å². The second kappa shape index (κ2) is 5.37. The van der Waals surface area contributed by atoms with Gasteiger partial charge in [0.15, 0.2) is 5.67 Å². The molecule has 1 nitrogen and oxygen atoms in total. The molecule has 2 aromatic carbocycles. The molecule has 104 valence electrons. The minimum Gasteiger partial charge on any atom is -0.327 e. The number of halogens is 1. The molecule has 1 aliphatic rings. The van der Waals surface area contributed by atoms with E-state index in [-0.39, 0.29) is 6.54 Å². The normalized spacial score (nSPS) is 18.3. The zero-order chi connectivity index (χ0) is 14.0. The summed E-state index contributed by atoms with van der Waals surface area (Å²) in [5.41, 5.74) is 6.77. The number of benzene rings is 2. The van der Waals surface area contributed by atoms with Gasteiger partial charge in [-0.2, -0.15) is 0 Å². The Kier molecular flexibility index (Phi) is 3.58. The second-order valence-electron chi connectivity index (χ2n) is 5.59. The van der Waals surface area contributed by atoms with E-state index in [1.807, 2.05) is 48.5 Å². The molecular weight excluding hydrogens is 249 g/mol. The van der Waals surface area contributed by atoms with Gasteiger partial charge in [0.25, 0.3) is 0 Å². The number of nitrogens with two attached hydrogens (primary N) is 1. The van der Waals surface area contributed by atoms with Crippen molar-refractivity contribution in [2.75, 3.05) is 6.54 Å². The van der Waals surface area contributed by atoms with Crippen molar-refractivity contribution in [2.45, 2.75) is 30.8 Å². The summed E-state index contributed by atoms with van der Waals surface area (Å²) in [6, 6.07) is 17.1. The van der Waals surface area contributed by atoms with Crippen LogP contribution in [0.25, 0.3) is 0 Å². The molecule has 1 saturated carbocycles. The third kappa shape index (κ3) is 2.14.